The molecule has 2 atom stereocenters. The lowest BCUT2D eigenvalue weighted by Gasteiger charge is -2.27. The van der Waals surface area contributed by atoms with Crippen LogP contribution in [-0.2, 0) is 0 Å². The maximum absolute atomic E-state index is 13.0. The number of amides is 1. The van der Waals surface area contributed by atoms with Gasteiger partial charge in [-0.1, -0.05) is 23.7 Å². The van der Waals surface area contributed by atoms with Gasteiger partial charge in [0.1, 0.15) is 0 Å². The highest BCUT2D eigenvalue weighted by atomic mass is 35.5. The van der Waals surface area contributed by atoms with Crippen molar-refractivity contribution in [1.29, 1.82) is 0 Å². The van der Waals surface area contributed by atoms with Crippen LogP contribution in [0.4, 0.5) is 0 Å². The molecule has 0 radical (unpaired) electrons. The Morgan fingerprint density at radius 1 is 1.09 bits per heavy atom. The van der Waals surface area contributed by atoms with E-state index in [9.17, 15) is 4.79 Å². The van der Waals surface area contributed by atoms with E-state index in [1.807, 2.05) is 36.4 Å². The van der Waals surface area contributed by atoms with Crippen molar-refractivity contribution in [3.63, 3.8) is 0 Å². The van der Waals surface area contributed by atoms with Crippen LogP contribution in [-0.4, -0.2) is 36.0 Å². The lowest BCUT2D eigenvalue weighted by molar-refractivity contribution is 0.0685. The molecule has 2 aliphatic rings. The molecular formula is C18H19ClN2OS. The monoisotopic (exact) mass is 346 g/mol. The summed E-state index contributed by atoms with van der Waals surface area (Å²) in [5, 5.41) is 4.18. The van der Waals surface area contributed by atoms with E-state index < -0.39 is 0 Å². The molecule has 0 saturated carbocycles. The second-order valence-corrected chi connectivity index (χ2v) is 7.78. The molecule has 2 aromatic rings. The Labute approximate surface area is 145 Å². The minimum atomic E-state index is 0.200. The van der Waals surface area contributed by atoms with E-state index in [4.69, 9.17) is 11.6 Å². The van der Waals surface area contributed by atoms with Crippen LogP contribution in [0.25, 0.3) is 10.4 Å². The minimum absolute atomic E-state index is 0.200. The average Bonchev–Trinajstić information content (AvgIpc) is 3.11. The number of fused-ring (bicyclic) bond motifs is 2. The van der Waals surface area contributed by atoms with Crippen molar-refractivity contribution in [2.24, 2.45) is 0 Å². The van der Waals surface area contributed by atoms with Crippen molar-refractivity contribution in [3.8, 4) is 10.4 Å². The van der Waals surface area contributed by atoms with Crippen LogP contribution in [0.15, 0.2) is 36.4 Å². The predicted molar refractivity (Wildman–Crippen MR) is 95.2 cm³/mol. The molecule has 2 aliphatic heterocycles. The second kappa shape index (κ2) is 6.27. The average molecular weight is 347 g/mol. The van der Waals surface area contributed by atoms with Crippen LogP contribution in [0.1, 0.15) is 28.9 Å². The maximum atomic E-state index is 13.0. The zero-order valence-corrected chi connectivity index (χ0v) is 14.4. The lowest BCUT2D eigenvalue weighted by Crippen LogP contribution is -2.42. The molecule has 1 N–H and O–H groups in total. The SMILES string of the molecule is O=C(c1ccc(-c2ccc(Cl)cc2)s1)N1C2CCNCC1CC2. The summed E-state index contributed by atoms with van der Waals surface area (Å²) < 4.78 is 0. The van der Waals surface area contributed by atoms with Crippen LogP contribution < -0.4 is 5.32 Å². The van der Waals surface area contributed by atoms with E-state index in [-0.39, 0.29) is 5.91 Å². The third-order valence-corrected chi connectivity index (χ3v) is 6.21. The maximum Gasteiger partial charge on any atom is 0.264 e. The molecule has 1 amide bonds. The fourth-order valence-electron chi connectivity index (χ4n) is 3.66. The van der Waals surface area contributed by atoms with E-state index in [2.05, 4.69) is 10.2 Å². The van der Waals surface area contributed by atoms with Crippen molar-refractivity contribution < 1.29 is 4.79 Å². The minimum Gasteiger partial charge on any atom is -0.331 e. The molecule has 1 aromatic carbocycles. The van der Waals surface area contributed by atoms with Crippen LogP contribution >= 0.6 is 22.9 Å². The van der Waals surface area contributed by atoms with Gasteiger partial charge >= 0.3 is 0 Å². The predicted octanol–water partition coefficient (Wildman–Crippen LogP) is 4.04. The molecule has 0 spiro atoms. The summed E-state index contributed by atoms with van der Waals surface area (Å²) in [4.78, 5) is 17.1. The Bertz CT molecular complexity index is 698. The molecule has 1 aromatic heterocycles. The number of hydrogen-bond donors (Lipinski definition) is 1. The zero-order chi connectivity index (χ0) is 15.8. The van der Waals surface area contributed by atoms with E-state index in [0.717, 1.165) is 52.7 Å². The molecule has 0 aliphatic carbocycles. The molecule has 4 rings (SSSR count). The molecule has 2 unspecified atom stereocenters. The molecule has 120 valence electrons. The van der Waals surface area contributed by atoms with E-state index in [0.29, 0.717) is 12.1 Å². The van der Waals surface area contributed by atoms with Crippen molar-refractivity contribution in [2.75, 3.05) is 13.1 Å². The number of nitrogens with one attached hydrogen (secondary N) is 1. The van der Waals surface area contributed by atoms with E-state index in [1.54, 1.807) is 11.3 Å². The lowest BCUT2D eigenvalue weighted by atomic mass is 10.1. The summed E-state index contributed by atoms with van der Waals surface area (Å²) in [5.74, 6) is 0.200. The van der Waals surface area contributed by atoms with Crippen molar-refractivity contribution >= 4 is 28.8 Å². The van der Waals surface area contributed by atoms with Gasteiger partial charge < -0.3 is 10.2 Å². The Kier molecular flexibility index (Phi) is 4.14. The first-order valence-electron chi connectivity index (χ1n) is 8.11. The van der Waals surface area contributed by atoms with Gasteiger partial charge in [0, 0.05) is 28.5 Å². The van der Waals surface area contributed by atoms with Crippen LogP contribution in [0, 0.1) is 0 Å². The third kappa shape index (κ3) is 2.91. The fraction of sp³-hybridized carbons (Fsp3) is 0.389. The number of carbonyl (C=O) groups excluding carboxylic acids is 1. The fourth-order valence-corrected chi connectivity index (χ4v) is 4.75. The molecule has 23 heavy (non-hydrogen) atoms. The van der Waals surface area contributed by atoms with E-state index >= 15 is 0 Å². The quantitative estimate of drug-likeness (QED) is 0.890. The largest absolute Gasteiger partial charge is 0.331 e. The first-order chi connectivity index (χ1) is 11.2. The molecule has 2 fully saturated rings. The summed E-state index contributed by atoms with van der Waals surface area (Å²) in [6.07, 6.45) is 3.34. The first kappa shape index (κ1) is 15.2. The van der Waals surface area contributed by atoms with Gasteiger partial charge in [0.15, 0.2) is 0 Å². The molecule has 3 nitrogen and oxygen atoms in total. The molecule has 2 bridgehead atoms. The standard InChI is InChI=1S/C18H19ClN2OS/c19-13-3-1-12(2-4-13)16-7-8-17(23-16)18(22)21-14-5-6-15(21)11-20-10-9-14/h1-4,7-8,14-15,20H,5-6,9-11H2. The molecule has 5 heteroatoms. The Morgan fingerprint density at radius 2 is 1.87 bits per heavy atom. The summed E-state index contributed by atoms with van der Waals surface area (Å²) in [6, 6.07) is 12.6. The summed E-state index contributed by atoms with van der Waals surface area (Å²) in [7, 11) is 0. The summed E-state index contributed by atoms with van der Waals surface area (Å²) >= 11 is 7.53. The van der Waals surface area contributed by atoms with Gasteiger partial charge in [-0.3, -0.25) is 4.79 Å². The van der Waals surface area contributed by atoms with Crippen LogP contribution in [0.5, 0.6) is 0 Å². The smallest absolute Gasteiger partial charge is 0.264 e. The van der Waals surface area contributed by atoms with Gasteiger partial charge in [0.05, 0.1) is 4.88 Å². The highest BCUT2D eigenvalue weighted by molar-refractivity contribution is 7.17. The second-order valence-electron chi connectivity index (χ2n) is 6.26. The molecule has 2 saturated heterocycles. The number of nitrogens with zero attached hydrogens (tertiary/aromatic N) is 1. The van der Waals surface area contributed by atoms with Crippen molar-refractivity contribution in [2.45, 2.75) is 31.3 Å². The third-order valence-electron chi connectivity index (χ3n) is 4.83. The normalized spacial score (nSPS) is 23.8. The van der Waals surface area contributed by atoms with Gasteiger partial charge in [0.2, 0.25) is 0 Å². The first-order valence-corrected chi connectivity index (χ1v) is 9.31. The summed E-state index contributed by atoms with van der Waals surface area (Å²) in [6.45, 7) is 1.95. The highest BCUT2D eigenvalue weighted by Crippen LogP contribution is 2.34. The number of hydrogen-bond acceptors (Lipinski definition) is 3. The van der Waals surface area contributed by atoms with Gasteiger partial charge in [-0.25, -0.2) is 0 Å². The van der Waals surface area contributed by atoms with Crippen LogP contribution in [0.3, 0.4) is 0 Å². The van der Waals surface area contributed by atoms with Crippen LogP contribution in [0.2, 0.25) is 5.02 Å². The zero-order valence-electron chi connectivity index (χ0n) is 12.8. The molecule has 3 heterocycles. The van der Waals surface area contributed by atoms with E-state index in [1.165, 1.54) is 0 Å². The van der Waals surface area contributed by atoms with Gasteiger partial charge in [0.25, 0.3) is 5.91 Å². The van der Waals surface area contributed by atoms with Gasteiger partial charge in [-0.05, 0) is 55.6 Å². The number of carbonyl (C=O) groups is 1. The highest BCUT2D eigenvalue weighted by Gasteiger charge is 2.38. The topological polar surface area (TPSA) is 32.3 Å². The van der Waals surface area contributed by atoms with Gasteiger partial charge in [-0.2, -0.15) is 0 Å². The van der Waals surface area contributed by atoms with Crippen molar-refractivity contribution in [1.82, 2.24) is 10.2 Å². The number of rotatable bonds is 2. The Hall–Kier alpha value is -1.36. The summed E-state index contributed by atoms with van der Waals surface area (Å²) in [5.41, 5.74) is 1.11. The van der Waals surface area contributed by atoms with Crippen molar-refractivity contribution in [3.05, 3.63) is 46.3 Å². The Morgan fingerprint density at radius 3 is 2.70 bits per heavy atom. The molecular weight excluding hydrogens is 328 g/mol. The number of thiophene rings is 1. The van der Waals surface area contributed by atoms with Gasteiger partial charge in [-0.15, -0.1) is 11.3 Å². The number of benzene rings is 1. The Balaban J connectivity index is 1.59. The number of halogens is 1.